The van der Waals surface area contributed by atoms with Crippen molar-refractivity contribution in [3.63, 3.8) is 0 Å². The van der Waals surface area contributed by atoms with E-state index < -0.39 is 5.54 Å². The molecule has 0 aromatic carbocycles. The van der Waals surface area contributed by atoms with E-state index in [1.165, 1.54) is 0 Å². The second-order valence-corrected chi connectivity index (χ2v) is 5.01. The lowest BCUT2D eigenvalue weighted by atomic mass is 10.1. The molecule has 98 valence electrons. The molecule has 18 heavy (non-hydrogen) atoms. The monoisotopic (exact) mass is 269 g/mol. The fourth-order valence-corrected chi connectivity index (χ4v) is 1.74. The van der Waals surface area contributed by atoms with Gasteiger partial charge < -0.3 is 19.9 Å². The quantitative estimate of drug-likeness (QED) is 0.752. The van der Waals surface area contributed by atoms with Crippen molar-refractivity contribution in [3.8, 4) is 0 Å². The summed E-state index contributed by atoms with van der Waals surface area (Å²) >= 11 is 5.89. The molecule has 6 heteroatoms. The van der Waals surface area contributed by atoms with Crippen LogP contribution in [-0.4, -0.2) is 38.4 Å². The molecule has 0 aliphatic carbocycles. The average molecular weight is 270 g/mol. The molecular weight excluding hydrogens is 254 g/mol. The van der Waals surface area contributed by atoms with Crippen LogP contribution >= 0.6 is 11.6 Å². The minimum absolute atomic E-state index is 0.136. The Morgan fingerprint density at radius 1 is 1.33 bits per heavy atom. The van der Waals surface area contributed by atoms with Crippen molar-refractivity contribution in [2.24, 2.45) is 0 Å². The van der Waals surface area contributed by atoms with E-state index in [0.717, 1.165) is 11.3 Å². The summed E-state index contributed by atoms with van der Waals surface area (Å²) in [5.74, 6) is 0. The van der Waals surface area contributed by atoms with Gasteiger partial charge >= 0.3 is 0 Å². The number of aliphatic hydroxyl groups excluding tert-OH is 2. The topological polar surface area (TPSA) is 69.8 Å². The predicted octanol–water partition coefficient (Wildman–Crippen LogP) is 0.821. The summed E-state index contributed by atoms with van der Waals surface area (Å²) in [6.07, 6.45) is 3.65. The maximum Gasteiger partial charge on any atom is 0.137 e. The van der Waals surface area contributed by atoms with E-state index in [1.54, 1.807) is 19.2 Å². The molecule has 0 aliphatic rings. The summed E-state index contributed by atoms with van der Waals surface area (Å²) in [5, 5.41) is 22.1. The molecule has 0 saturated carbocycles. The van der Waals surface area contributed by atoms with Crippen LogP contribution in [0.2, 0.25) is 5.02 Å². The van der Waals surface area contributed by atoms with Gasteiger partial charge in [0.25, 0.3) is 0 Å². The Bertz CT molecular complexity index is 537. The fourth-order valence-electron chi connectivity index (χ4n) is 1.57. The zero-order valence-corrected chi connectivity index (χ0v) is 10.9. The highest BCUT2D eigenvalue weighted by atomic mass is 35.5. The molecule has 0 fully saturated rings. The second kappa shape index (κ2) is 5.24. The van der Waals surface area contributed by atoms with Crippen molar-refractivity contribution in [2.75, 3.05) is 13.2 Å². The number of pyridine rings is 1. The van der Waals surface area contributed by atoms with Crippen LogP contribution in [0.1, 0.15) is 12.6 Å². The van der Waals surface area contributed by atoms with Crippen molar-refractivity contribution >= 4 is 17.2 Å². The van der Waals surface area contributed by atoms with E-state index in [2.05, 4.69) is 10.3 Å². The minimum atomic E-state index is -0.701. The zero-order valence-electron chi connectivity index (χ0n) is 10.1. The van der Waals surface area contributed by atoms with Crippen molar-refractivity contribution in [3.05, 3.63) is 35.2 Å². The fraction of sp³-hybridized carbons (Fsp3) is 0.417. The van der Waals surface area contributed by atoms with Gasteiger partial charge in [0.05, 0.1) is 29.5 Å². The first kappa shape index (κ1) is 13.3. The van der Waals surface area contributed by atoms with Crippen LogP contribution in [0.4, 0.5) is 0 Å². The summed E-state index contributed by atoms with van der Waals surface area (Å²) in [6, 6.07) is 3.62. The first-order valence-corrected chi connectivity index (χ1v) is 6.04. The number of imidazole rings is 1. The number of rotatable bonds is 5. The Hall–Kier alpha value is -1.14. The van der Waals surface area contributed by atoms with Gasteiger partial charge in [-0.1, -0.05) is 11.6 Å². The van der Waals surface area contributed by atoms with E-state index in [4.69, 9.17) is 11.6 Å². The van der Waals surface area contributed by atoms with Gasteiger partial charge in [0.1, 0.15) is 5.65 Å². The van der Waals surface area contributed by atoms with E-state index in [1.807, 2.05) is 16.7 Å². The van der Waals surface area contributed by atoms with Gasteiger partial charge in [0, 0.05) is 18.9 Å². The number of aromatic nitrogens is 2. The predicted molar refractivity (Wildman–Crippen MR) is 69.6 cm³/mol. The molecule has 5 nitrogen and oxygen atoms in total. The number of nitrogens with zero attached hydrogens (tertiary/aromatic N) is 2. The normalized spacial score (nSPS) is 12.2. The SMILES string of the molecule is CC(CO)(CO)NCc1cn2cc(Cl)ccc2n1. The lowest BCUT2D eigenvalue weighted by molar-refractivity contribution is 0.103. The lowest BCUT2D eigenvalue weighted by Crippen LogP contribution is -2.48. The Morgan fingerprint density at radius 2 is 2.06 bits per heavy atom. The highest BCUT2D eigenvalue weighted by Crippen LogP contribution is 2.12. The third-order valence-corrected chi connectivity index (χ3v) is 3.08. The number of hydrogen-bond acceptors (Lipinski definition) is 4. The van der Waals surface area contributed by atoms with Gasteiger partial charge in [0.15, 0.2) is 0 Å². The number of nitrogens with one attached hydrogen (secondary N) is 1. The lowest BCUT2D eigenvalue weighted by Gasteiger charge is -2.25. The van der Waals surface area contributed by atoms with Crippen LogP contribution in [0.15, 0.2) is 24.5 Å². The van der Waals surface area contributed by atoms with Crippen LogP contribution in [0.5, 0.6) is 0 Å². The molecule has 0 bridgehead atoms. The van der Waals surface area contributed by atoms with Gasteiger partial charge in [0.2, 0.25) is 0 Å². The second-order valence-electron chi connectivity index (χ2n) is 4.58. The Balaban J connectivity index is 2.13. The van der Waals surface area contributed by atoms with Gasteiger partial charge in [-0.2, -0.15) is 0 Å². The molecule has 3 N–H and O–H groups in total. The Labute approximate surface area is 110 Å². The molecule has 0 atom stereocenters. The summed E-state index contributed by atoms with van der Waals surface area (Å²) in [4.78, 5) is 4.40. The maximum absolute atomic E-state index is 9.17. The molecule has 0 unspecified atom stereocenters. The van der Waals surface area contributed by atoms with Crippen LogP contribution < -0.4 is 5.32 Å². The Morgan fingerprint density at radius 3 is 2.72 bits per heavy atom. The van der Waals surface area contributed by atoms with Crippen LogP contribution in [0.25, 0.3) is 5.65 Å². The van der Waals surface area contributed by atoms with Crippen LogP contribution in [-0.2, 0) is 6.54 Å². The number of aliphatic hydroxyl groups is 2. The summed E-state index contributed by atoms with van der Waals surface area (Å²) in [5.41, 5.74) is 0.935. The largest absolute Gasteiger partial charge is 0.394 e. The van der Waals surface area contributed by atoms with Crippen molar-refractivity contribution in [1.82, 2.24) is 14.7 Å². The molecule has 0 amide bonds. The highest BCUT2D eigenvalue weighted by Gasteiger charge is 2.21. The van der Waals surface area contributed by atoms with E-state index in [9.17, 15) is 10.2 Å². The first-order valence-electron chi connectivity index (χ1n) is 5.66. The summed E-state index contributed by atoms with van der Waals surface area (Å²) in [6.45, 7) is 1.95. The minimum Gasteiger partial charge on any atom is -0.394 e. The van der Waals surface area contributed by atoms with E-state index in [-0.39, 0.29) is 13.2 Å². The molecular formula is C12H16ClN3O2. The van der Waals surface area contributed by atoms with E-state index >= 15 is 0 Å². The van der Waals surface area contributed by atoms with Crippen LogP contribution in [0, 0.1) is 0 Å². The van der Waals surface area contributed by atoms with E-state index in [0.29, 0.717) is 11.6 Å². The standard InChI is InChI=1S/C12H16ClN3O2/c1-12(7-17,8-18)14-4-10-6-16-5-9(13)2-3-11(16)15-10/h2-3,5-6,14,17-18H,4,7-8H2,1H3. The number of fused-ring (bicyclic) bond motifs is 1. The van der Waals surface area contributed by atoms with Crippen LogP contribution in [0.3, 0.4) is 0 Å². The highest BCUT2D eigenvalue weighted by molar-refractivity contribution is 6.30. The smallest absolute Gasteiger partial charge is 0.137 e. The molecule has 0 spiro atoms. The number of hydrogen-bond donors (Lipinski definition) is 3. The van der Waals surface area contributed by atoms with Crippen molar-refractivity contribution in [2.45, 2.75) is 19.0 Å². The molecule has 2 aromatic heterocycles. The van der Waals surface area contributed by atoms with Crippen molar-refractivity contribution < 1.29 is 10.2 Å². The molecule has 2 heterocycles. The third kappa shape index (κ3) is 2.81. The van der Waals surface area contributed by atoms with Gasteiger partial charge in [-0.3, -0.25) is 0 Å². The Kier molecular flexibility index (Phi) is 3.87. The first-order chi connectivity index (χ1) is 8.56. The molecule has 0 radical (unpaired) electrons. The molecule has 0 aliphatic heterocycles. The molecule has 2 aromatic rings. The van der Waals surface area contributed by atoms with Gasteiger partial charge in [-0.05, 0) is 19.1 Å². The maximum atomic E-state index is 9.17. The molecule has 0 saturated heterocycles. The summed E-state index contributed by atoms with van der Waals surface area (Å²) in [7, 11) is 0. The number of halogens is 1. The average Bonchev–Trinajstić information content (AvgIpc) is 2.78. The molecule has 2 rings (SSSR count). The summed E-state index contributed by atoms with van der Waals surface area (Å²) < 4.78 is 1.84. The van der Waals surface area contributed by atoms with Gasteiger partial charge in [-0.15, -0.1) is 0 Å². The van der Waals surface area contributed by atoms with Gasteiger partial charge in [-0.25, -0.2) is 4.98 Å². The zero-order chi connectivity index (χ0) is 13.2. The third-order valence-electron chi connectivity index (χ3n) is 2.86. The van der Waals surface area contributed by atoms with Crippen molar-refractivity contribution in [1.29, 1.82) is 0 Å².